The molecule has 0 spiro atoms. The first-order valence-electron chi connectivity index (χ1n) is 7.89. The Kier molecular flexibility index (Phi) is 6.20. The maximum atomic E-state index is 12.0. The highest BCUT2D eigenvalue weighted by molar-refractivity contribution is 5.82. The number of carbonyl (C=O) groups excluding carboxylic acids is 2. The molecule has 3 N–H and O–H groups in total. The van der Waals surface area contributed by atoms with Crippen LogP contribution in [0.5, 0.6) is 0 Å². The summed E-state index contributed by atoms with van der Waals surface area (Å²) in [5, 5.41) is 15.4. The van der Waals surface area contributed by atoms with Gasteiger partial charge in [0, 0.05) is 18.4 Å². The summed E-state index contributed by atoms with van der Waals surface area (Å²) in [6, 6.07) is 0. The minimum absolute atomic E-state index is 0.0141. The maximum absolute atomic E-state index is 12.0. The van der Waals surface area contributed by atoms with E-state index in [-0.39, 0.29) is 24.8 Å². The van der Waals surface area contributed by atoms with Crippen molar-refractivity contribution in [1.29, 1.82) is 0 Å². The number of hydrogen-bond acceptors (Lipinski definition) is 3. The molecular formula is C16H30N2O3. The average Bonchev–Trinajstić information content (AvgIpc) is 2.40. The predicted octanol–water partition coefficient (Wildman–Crippen LogP) is 1.60. The first-order valence-corrected chi connectivity index (χ1v) is 7.89. The van der Waals surface area contributed by atoms with Gasteiger partial charge in [0.05, 0.1) is 12.1 Å². The summed E-state index contributed by atoms with van der Waals surface area (Å²) in [4.78, 5) is 23.7. The van der Waals surface area contributed by atoms with E-state index in [0.717, 1.165) is 25.7 Å². The van der Waals surface area contributed by atoms with Crippen LogP contribution in [-0.4, -0.2) is 35.6 Å². The van der Waals surface area contributed by atoms with Crippen molar-refractivity contribution in [2.75, 3.05) is 13.2 Å². The minimum Gasteiger partial charge on any atom is -0.394 e. The summed E-state index contributed by atoms with van der Waals surface area (Å²) in [6.07, 6.45) is 3.96. The van der Waals surface area contributed by atoms with Gasteiger partial charge in [-0.3, -0.25) is 9.59 Å². The topological polar surface area (TPSA) is 78.4 Å². The van der Waals surface area contributed by atoms with Crippen LogP contribution < -0.4 is 10.6 Å². The second-order valence-electron chi connectivity index (χ2n) is 7.43. The molecular weight excluding hydrogens is 268 g/mol. The number of nitrogens with one attached hydrogen (secondary N) is 2. The Morgan fingerprint density at radius 1 is 1.24 bits per heavy atom. The Morgan fingerprint density at radius 2 is 1.81 bits per heavy atom. The molecule has 0 bridgehead atoms. The van der Waals surface area contributed by atoms with Gasteiger partial charge in [-0.1, -0.05) is 27.7 Å². The molecule has 0 atom stereocenters. The van der Waals surface area contributed by atoms with Gasteiger partial charge < -0.3 is 15.7 Å². The van der Waals surface area contributed by atoms with Crippen molar-refractivity contribution in [3.05, 3.63) is 0 Å². The number of hydrogen-bond donors (Lipinski definition) is 3. The quantitative estimate of drug-likeness (QED) is 0.721. The van der Waals surface area contributed by atoms with Crippen LogP contribution in [-0.2, 0) is 9.59 Å². The molecule has 0 heterocycles. The van der Waals surface area contributed by atoms with Crippen LogP contribution in [0.2, 0.25) is 0 Å². The Balaban J connectivity index is 2.37. The van der Waals surface area contributed by atoms with E-state index in [0.29, 0.717) is 12.5 Å². The monoisotopic (exact) mass is 298 g/mol. The van der Waals surface area contributed by atoms with Crippen molar-refractivity contribution in [2.45, 2.75) is 65.3 Å². The molecule has 1 aliphatic carbocycles. The summed E-state index contributed by atoms with van der Waals surface area (Å²) in [5.41, 5.74) is -0.903. The summed E-state index contributed by atoms with van der Waals surface area (Å²) in [6.45, 7) is 8.04. The fraction of sp³-hybridized carbons (Fsp3) is 0.875. The fourth-order valence-electron chi connectivity index (χ4n) is 2.55. The molecule has 5 heteroatoms. The Hall–Kier alpha value is -1.10. The van der Waals surface area contributed by atoms with Gasteiger partial charge in [-0.2, -0.15) is 0 Å². The molecule has 0 aliphatic heterocycles. The summed E-state index contributed by atoms with van der Waals surface area (Å²) in [5.74, 6) is 0.499. The lowest BCUT2D eigenvalue weighted by atomic mass is 9.77. The van der Waals surface area contributed by atoms with Crippen molar-refractivity contribution in [3.63, 3.8) is 0 Å². The molecule has 0 aromatic heterocycles. The molecule has 5 nitrogen and oxygen atoms in total. The normalized spacial score (nSPS) is 26.2. The Morgan fingerprint density at radius 3 is 2.29 bits per heavy atom. The van der Waals surface area contributed by atoms with Crippen LogP contribution in [0.15, 0.2) is 0 Å². The molecule has 0 aromatic carbocycles. The number of rotatable bonds is 5. The van der Waals surface area contributed by atoms with Gasteiger partial charge in [-0.05, 0) is 31.6 Å². The predicted molar refractivity (Wildman–Crippen MR) is 82.7 cm³/mol. The fourth-order valence-corrected chi connectivity index (χ4v) is 2.55. The lowest BCUT2D eigenvalue weighted by Crippen LogP contribution is -2.53. The zero-order chi connectivity index (χ0) is 16.1. The molecule has 1 fully saturated rings. The number of carbonyl (C=O) groups is 2. The molecule has 21 heavy (non-hydrogen) atoms. The van der Waals surface area contributed by atoms with Crippen molar-refractivity contribution in [1.82, 2.24) is 10.6 Å². The highest BCUT2D eigenvalue weighted by atomic mass is 16.3. The molecule has 122 valence electrons. The lowest BCUT2D eigenvalue weighted by Gasteiger charge is -2.38. The van der Waals surface area contributed by atoms with Gasteiger partial charge >= 0.3 is 0 Å². The molecule has 0 radical (unpaired) electrons. The van der Waals surface area contributed by atoms with Gasteiger partial charge in [0.1, 0.15) is 0 Å². The van der Waals surface area contributed by atoms with Crippen LogP contribution in [0.3, 0.4) is 0 Å². The third-order valence-corrected chi connectivity index (χ3v) is 4.26. The number of amides is 2. The van der Waals surface area contributed by atoms with E-state index >= 15 is 0 Å². The van der Waals surface area contributed by atoms with Crippen LogP contribution >= 0.6 is 0 Å². The summed E-state index contributed by atoms with van der Waals surface area (Å²) >= 11 is 0. The van der Waals surface area contributed by atoms with Gasteiger partial charge in [0.2, 0.25) is 11.8 Å². The molecule has 0 unspecified atom stereocenters. The summed E-state index contributed by atoms with van der Waals surface area (Å²) < 4.78 is 0. The molecule has 0 saturated heterocycles. The van der Waals surface area contributed by atoms with Crippen LogP contribution in [0, 0.1) is 11.3 Å². The zero-order valence-electron chi connectivity index (χ0n) is 13.8. The van der Waals surface area contributed by atoms with E-state index in [9.17, 15) is 14.7 Å². The van der Waals surface area contributed by atoms with Gasteiger partial charge in [-0.15, -0.1) is 0 Å². The first-order chi connectivity index (χ1) is 9.68. The van der Waals surface area contributed by atoms with E-state index in [4.69, 9.17) is 0 Å². The molecule has 2 amide bonds. The standard InChI is InChI=1S/C16H30N2O3/c1-12-5-8-16(11-19,9-6-12)18-13(20)7-10-17-14(21)15(2,3)4/h12,19H,5-11H2,1-4H3,(H,17,21)(H,18,20). The van der Waals surface area contributed by atoms with Crippen molar-refractivity contribution >= 4 is 11.8 Å². The molecule has 1 rings (SSSR count). The highest BCUT2D eigenvalue weighted by Crippen LogP contribution is 2.31. The third kappa shape index (κ3) is 5.65. The van der Waals surface area contributed by atoms with E-state index in [1.807, 2.05) is 20.8 Å². The Labute approximate surface area is 127 Å². The average molecular weight is 298 g/mol. The molecule has 0 aromatic rings. The minimum atomic E-state index is -0.461. The maximum Gasteiger partial charge on any atom is 0.225 e. The summed E-state index contributed by atoms with van der Waals surface area (Å²) in [7, 11) is 0. The van der Waals surface area contributed by atoms with E-state index in [1.54, 1.807) is 0 Å². The van der Waals surface area contributed by atoms with Gasteiger partial charge in [0.25, 0.3) is 0 Å². The number of aliphatic hydroxyl groups excluding tert-OH is 1. The zero-order valence-corrected chi connectivity index (χ0v) is 13.8. The highest BCUT2D eigenvalue weighted by Gasteiger charge is 2.34. The van der Waals surface area contributed by atoms with E-state index in [2.05, 4.69) is 17.6 Å². The second-order valence-corrected chi connectivity index (χ2v) is 7.43. The van der Waals surface area contributed by atoms with Crippen LogP contribution in [0.4, 0.5) is 0 Å². The molecule has 1 aliphatic rings. The lowest BCUT2D eigenvalue weighted by molar-refractivity contribution is -0.128. The number of aliphatic hydroxyl groups is 1. The molecule has 1 saturated carbocycles. The van der Waals surface area contributed by atoms with Crippen LogP contribution in [0.1, 0.15) is 59.8 Å². The SMILES string of the molecule is CC1CCC(CO)(NC(=O)CCNC(=O)C(C)(C)C)CC1. The van der Waals surface area contributed by atoms with Gasteiger partial charge in [0.15, 0.2) is 0 Å². The largest absolute Gasteiger partial charge is 0.394 e. The first kappa shape index (κ1) is 18.0. The van der Waals surface area contributed by atoms with Crippen molar-refractivity contribution in [2.24, 2.45) is 11.3 Å². The van der Waals surface area contributed by atoms with Crippen molar-refractivity contribution in [3.8, 4) is 0 Å². The van der Waals surface area contributed by atoms with Gasteiger partial charge in [-0.25, -0.2) is 0 Å². The smallest absolute Gasteiger partial charge is 0.225 e. The third-order valence-electron chi connectivity index (χ3n) is 4.26. The Bertz CT molecular complexity index is 366. The van der Waals surface area contributed by atoms with E-state index in [1.165, 1.54) is 0 Å². The second kappa shape index (κ2) is 7.25. The van der Waals surface area contributed by atoms with Crippen molar-refractivity contribution < 1.29 is 14.7 Å². The van der Waals surface area contributed by atoms with Crippen LogP contribution in [0.25, 0.3) is 0 Å². The van der Waals surface area contributed by atoms with E-state index < -0.39 is 11.0 Å².